The minimum absolute atomic E-state index is 0.0261. The Kier molecular flexibility index (Phi) is 6.64. The predicted molar refractivity (Wildman–Crippen MR) is 80.3 cm³/mol. The van der Waals surface area contributed by atoms with Crippen molar-refractivity contribution in [2.45, 2.75) is 11.4 Å². The van der Waals surface area contributed by atoms with Gasteiger partial charge in [-0.1, -0.05) is 17.7 Å². The van der Waals surface area contributed by atoms with Crippen LogP contribution in [-0.2, 0) is 16.6 Å². The maximum Gasteiger partial charge on any atom is 0.243 e. The lowest BCUT2D eigenvalue weighted by Crippen LogP contribution is -2.33. The molecule has 20 heavy (non-hydrogen) atoms. The molecule has 0 aliphatic carbocycles. The molecule has 0 spiro atoms. The summed E-state index contributed by atoms with van der Waals surface area (Å²) in [6.45, 7) is 3.93. The van der Waals surface area contributed by atoms with Gasteiger partial charge in [-0.3, -0.25) is 0 Å². The van der Waals surface area contributed by atoms with E-state index in [1.54, 1.807) is 19.2 Å². The highest BCUT2D eigenvalue weighted by molar-refractivity contribution is 7.89. The summed E-state index contributed by atoms with van der Waals surface area (Å²) in [5, 5.41) is 12.4. The lowest BCUT2D eigenvalue weighted by molar-refractivity contribution is 0.260. The molecule has 0 fully saturated rings. The molecule has 1 aromatic rings. The van der Waals surface area contributed by atoms with Gasteiger partial charge in [0.1, 0.15) is 0 Å². The Morgan fingerprint density at radius 3 is 2.75 bits per heavy atom. The zero-order chi connectivity index (χ0) is 15.2. The van der Waals surface area contributed by atoms with Crippen LogP contribution in [0.1, 0.15) is 5.56 Å². The molecule has 0 amide bonds. The first-order chi connectivity index (χ1) is 9.47. The van der Waals surface area contributed by atoms with Gasteiger partial charge in [-0.15, -0.1) is 6.58 Å². The van der Waals surface area contributed by atoms with Crippen molar-refractivity contribution >= 4 is 21.6 Å². The van der Waals surface area contributed by atoms with Gasteiger partial charge in [0, 0.05) is 24.7 Å². The molecule has 0 saturated carbocycles. The van der Waals surface area contributed by atoms with E-state index in [2.05, 4.69) is 11.9 Å². The highest BCUT2D eigenvalue weighted by Gasteiger charge is 2.23. The molecule has 0 heterocycles. The third-order valence-electron chi connectivity index (χ3n) is 2.70. The second-order valence-corrected chi connectivity index (χ2v) is 6.50. The summed E-state index contributed by atoms with van der Waals surface area (Å²) in [5.41, 5.74) is 0.706. The molecule has 7 heteroatoms. The minimum atomic E-state index is -3.67. The van der Waals surface area contributed by atoms with Crippen molar-refractivity contribution in [3.8, 4) is 0 Å². The monoisotopic (exact) mass is 318 g/mol. The molecule has 0 unspecified atom stereocenters. The van der Waals surface area contributed by atoms with E-state index >= 15 is 0 Å². The third kappa shape index (κ3) is 4.04. The molecular weight excluding hydrogens is 300 g/mol. The second-order valence-electron chi connectivity index (χ2n) is 4.16. The number of rotatable bonds is 8. The van der Waals surface area contributed by atoms with Crippen molar-refractivity contribution < 1.29 is 13.5 Å². The maximum absolute atomic E-state index is 12.5. The Morgan fingerprint density at radius 2 is 2.20 bits per heavy atom. The molecule has 0 aliphatic rings. The highest BCUT2D eigenvalue weighted by atomic mass is 35.5. The van der Waals surface area contributed by atoms with E-state index in [-0.39, 0.29) is 24.6 Å². The minimum Gasteiger partial charge on any atom is -0.395 e. The van der Waals surface area contributed by atoms with Crippen LogP contribution in [0.4, 0.5) is 0 Å². The third-order valence-corrected chi connectivity index (χ3v) is 4.93. The zero-order valence-corrected chi connectivity index (χ0v) is 12.9. The van der Waals surface area contributed by atoms with Crippen LogP contribution in [0, 0.1) is 0 Å². The van der Waals surface area contributed by atoms with Crippen molar-refractivity contribution in [1.82, 2.24) is 9.62 Å². The number of aliphatic hydroxyl groups excluding tert-OH is 1. The summed E-state index contributed by atoms with van der Waals surface area (Å²) in [4.78, 5) is 0.155. The molecule has 1 rings (SSSR count). The Morgan fingerprint density at radius 1 is 1.50 bits per heavy atom. The Balaban J connectivity index is 3.19. The second kappa shape index (κ2) is 7.75. The number of aliphatic hydroxyl groups is 1. The molecular formula is C13H19ClN2O3S. The van der Waals surface area contributed by atoms with Gasteiger partial charge in [0.05, 0.1) is 11.5 Å². The van der Waals surface area contributed by atoms with Crippen molar-refractivity contribution in [2.24, 2.45) is 0 Å². The fourth-order valence-corrected chi connectivity index (χ4v) is 3.39. The molecule has 1 aromatic carbocycles. The summed E-state index contributed by atoms with van der Waals surface area (Å²) in [7, 11) is -1.91. The number of halogens is 1. The van der Waals surface area contributed by atoms with Crippen LogP contribution in [-0.4, -0.2) is 44.6 Å². The van der Waals surface area contributed by atoms with Crippen LogP contribution >= 0.6 is 11.6 Å². The normalized spacial score (nSPS) is 11.8. The Labute approximate surface area is 124 Å². The predicted octanol–water partition coefficient (Wildman–Crippen LogP) is 1.23. The molecule has 112 valence electrons. The van der Waals surface area contributed by atoms with Gasteiger partial charge in [-0.2, -0.15) is 4.31 Å². The van der Waals surface area contributed by atoms with Gasteiger partial charge in [0.2, 0.25) is 10.0 Å². The van der Waals surface area contributed by atoms with Crippen LogP contribution in [0.5, 0.6) is 0 Å². The van der Waals surface area contributed by atoms with Crippen LogP contribution in [0.25, 0.3) is 0 Å². The summed E-state index contributed by atoms with van der Waals surface area (Å²) < 4.78 is 26.1. The topological polar surface area (TPSA) is 69.6 Å². The maximum atomic E-state index is 12.5. The quantitative estimate of drug-likeness (QED) is 0.707. The Hall–Kier alpha value is -0.920. The number of hydrogen-bond acceptors (Lipinski definition) is 4. The fraction of sp³-hybridized carbons (Fsp3) is 0.385. The summed E-state index contributed by atoms with van der Waals surface area (Å²) in [6, 6.07) is 4.57. The van der Waals surface area contributed by atoms with Gasteiger partial charge >= 0.3 is 0 Å². The van der Waals surface area contributed by atoms with Gasteiger partial charge in [-0.25, -0.2) is 8.42 Å². The SMILES string of the molecule is C=CCN(CCO)S(=O)(=O)c1ccc(Cl)c(CNC)c1. The van der Waals surface area contributed by atoms with Crippen LogP contribution < -0.4 is 5.32 Å². The first kappa shape index (κ1) is 17.1. The molecule has 0 atom stereocenters. The van der Waals surface area contributed by atoms with Crippen LogP contribution in [0.15, 0.2) is 35.7 Å². The van der Waals surface area contributed by atoms with Gasteiger partial charge < -0.3 is 10.4 Å². The first-order valence-corrected chi connectivity index (χ1v) is 7.94. The molecule has 0 bridgehead atoms. The van der Waals surface area contributed by atoms with Crippen molar-refractivity contribution in [3.05, 3.63) is 41.4 Å². The van der Waals surface area contributed by atoms with E-state index in [1.807, 2.05) is 0 Å². The highest BCUT2D eigenvalue weighted by Crippen LogP contribution is 2.22. The number of sulfonamides is 1. The molecule has 0 saturated heterocycles. The van der Waals surface area contributed by atoms with Gasteiger partial charge in [-0.05, 0) is 30.8 Å². The summed E-state index contributed by atoms with van der Waals surface area (Å²) in [5.74, 6) is 0. The van der Waals surface area contributed by atoms with Crippen molar-refractivity contribution in [2.75, 3.05) is 26.7 Å². The van der Waals surface area contributed by atoms with Crippen LogP contribution in [0.2, 0.25) is 5.02 Å². The average molecular weight is 319 g/mol. The summed E-state index contributed by atoms with van der Waals surface area (Å²) >= 11 is 6.02. The number of nitrogens with one attached hydrogen (secondary N) is 1. The van der Waals surface area contributed by atoms with E-state index < -0.39 is 10.0 Å². The van der Waals surface area contributed by atoms with E-state index in [4.69, 9.17) is 16.7 Å². The number of benzene rings is 1. The van der Waals surface area contributed by atoms with E-state index in [9.17, 15) is 8.42 Å². The van der Waals surface area contributed by atoms with Crippen molar-refractivity contribution in [1.29, 1.82) is 0 Å². The average Bonchev–Trinajstić information content (AvgIpc) is 2.41. The van der Waals surface area contributed by atoms with E-state index in [0.29, 0.717) is 17.1 Å². The first-order valence-electron chi connectivity index (χ1n) is 6.12. The van der Waals surface area contributed by atoms with Gasteiger partial charge in [0.25, 0.3) is 0 Å². The fourth-order valence-electron chi connectivity index (χ4n) is 1.75. The molecule has 5 nitrogen and oxygen atoms in total. The zero-order valence-electron chi connectivity index (χ0n) is 11.3. The molecule has 0 aliphatic heterocycles. The standard InChI is InChI=1S/C13H19ClN2O3S/c1-3-6-16(7-8-17)20(18,19)12-4-5-13(14)11(9-12)10-15-2/h3-5,9,15,17H,1,6-8,10H2,2H3. The lowest BCUT2D eigenvalue weighted by atomic mass is 10.2. The lowest BCUT2D eigenvalue weighted by Gasteiger charge is -2.20. The molecule has 2 N–H and O–H groups in total. The van der Waals surface area contributed by atoms with Gasteiger partial charge in [0.15, 0.2) is 0 Å². The van der Waals surface area contributed by atoms with E-state index in [0.717, 1.165) is 0 Å². The van der Waals surface area contributed by atoms with Crippen LogP contribution in [0.3, 0.4) is 0 Å². The number of hydrogen-bond donors (Lipinski definition) is 2. The van der Waals surface area contributed by atoms with E-state index in [1.165, 1.54) is 16.4 Å². The molecule has 0 aromatic heterocycles. The number of nitrogens with zero attached hydrogens (tertiary/aromatic N) is 1. The Bertz CT molecular complexity index is 561. The molecule has 0 radical (unpaired) electrons. The van der Waals surface area contributed by atoms with Crippen molar-refractivity contribution in [3.63, 3.8) is 0 Å². The summed E-state index contributed by atoms with van der Waals surface area (Å²) in [6.07, 6.45) is 1.48. The smallest absolute Gasteiger partial charge is 0.243 e. The largest absolute Gasteiger partial charge is 0.395 e.